The minimum absolute atomic E-state index is 0.0362. The van der Waals surface area contributed by atoms with Crippen LogP contribution in [0.5, 0.6) is 0 Å². The Morgan fingerprint density at radius 2 is 2.14 bits per heavy atom. The molecule has 7 heteroatoms. The van der Waals surface area contributed by atoms with Gasteiger partial charge in [-0.15, -0.1) is 0 Å². The van der Waals surface area contributed by atoms with Gasteiger partial charge >= 0.3 is 5.97 Å². The van der Waals surface area contributed by atoms with Crippen LogP contribution in [0.3, 0.4) is 0 Å². The van der Waals surface area contributed by atoms with E-state index in [1.807, 2.05) is 6.07 Å². The van der Waals surface area contributed by atoms with Gasteiger partial charge in [0.1, 0.15) is 0 Å². The van der Waals surface area contributed by atoms with Gasteiger partial charge in [0.15, 0.2) is 0 Å². The van der Waals surface area contributed by atoms with Crippen LogP contribution in [0, 0.1) is 0 Å². The monoisotopic (exact) mass is 312 g/mol. The van der Waals surface area contributed by atoms with Crippen LogP contribution in [0.1, 0.15) is 24.8 Å². The summed E-state index contributed by atoms with van der Waals surface area (Å²) < 4.78 is 30.8. The maximum atomic E-state index is 12.4. The largest absolute Gasteiger partial charge is 0.469 e. The number of sulfonamides is 1. The number of methoxy groups -OCH3 is 1. The number of nitrogens with two attached hydrogens (primary N) is 1. The van der Waals surface area contributed by atoms with Crippen LogP contribution >= 0.6 is 0 Å². The maximum absolute atomic E-state index is 12.4. The van der Waals surface area contributed by atoms with Gasteiger partial charge in [-0.25, -0.2) is 8.42 Å². The molecule has 0 saturated heterocycles. The average molecular weight is 312 g/mol. The zero-order valence-corrected chi connectivity index (χ0v) is 12.8. The molecule has 0 amide bonds. The van der Waals surface area contributed by atoms with Crippen molar-refractivity contribution in [3.8, 4) is 0 Å². The third-order valence-electron chi connectivity index (χ3n) is 3.39. The number of nitrogen functional groups attached to an aromatic ring is 1. The molecule has 116 valence electrons. The lowest BCUT2D eigenvalue weighted by Crippen LogP contribution is -2.35. The number of anilines is 1. The third kappa shape index (κ3) is 4.44. The number of esters is 1. The minimum atomic E-state index is -3.48. The van der Waals surface area contributed by atoms with E-state index in [2.05, 4.69) is 4.74 Å². The van der Waals surface area contributed by atoms with Crippen molar-refractivity contribution in [1.82, 2.24) is 4.31 Å². The lowest BCUT2D eigenvalue weighted by Gasteiger charge is -2.22. The van der Waals surface area contributed by atoms with Crippen LogP contribution in [0.4, 0.5) is 5.69 Å². The molecule has 21 heavy (non-hydrogen) atoms. The Balaban J connectivity index is 2.09. The van der Waals surface area contributed by atoms with Crippen molar-refractivity contribution in [3.63, 3.8) is 0 Å². The molecule has 0 heterocycles. The van der Waals surface area contributed by atoms with Gasteiger partial charge in [0.25, 0.3) is 0 Å². The molecule has 2 N–H and O–H groups in total. The first-order valence-corrected chi connectivity index (χ1v) is 8.44. The molecule has 0 radical (unpaired) electrons. The lowest BCUT2D eigenvalue weighted by atomic mass is 10.2. The molecule has 1 aliphatic carbocycles. The summed E-state index contributed by atoms with van der Waals surface area (Å²) >= 11 is 0. The van der Waals surface area contributed by atoms with Crippen LogP contribution in [0.2, 0.25) is 0 Å². The summed E-state index contributed by atoms with van der Waals surface area (Å²) in [7, 11) is -2.23. The highest BCUT2D eigenvalue weighted by atomic mass is 32.2. The molecule has 0 spiro atoms. The fourth-order valence-electron chi connectivity index (χ4n) is 2.12. The van der Waals surface area contributed by atoms with Crippen LogP contribution in [0.25, 0.3) is 0 Å². The molecular weight excluding hydrogens is 292 g/mol. The van der Waals surface area contributed by atoms with Gasteiger partial charge in [-0.2, -0.15) is 4.31 Å². The Kier molecular flexibility index (Phi) is 4.84. The molecule has 6 nitrogen and oxygen atoms in total. The minimum Gasteiger partial charge on any atom is -0.469 e. The second kappa shape index (κ2) is 6.44. The third-order valence-corrected chi connectivity index (χ3v) is 5.25. The zero-order valence-electron chi connectivity index (χ0n) is 12.0. The second-order valence-electron chi connectivity index (χ2n) is 5.16. The summed E-state index contributed by atoms with van der Waals surface area (Å²) in [6, 6.07) is 7.22. The van der Waals surface area contributed by atoms with E-state index in [1.54, 1.807) is 18.2 Å². The molecule has 0 unspecified atom stereocenters. The van der Waals surface area contributed by atoms with Gasteiger partial charge in [-0.1, -0.05) is 12.1 Å². The number of benzene rings is 1. The number of carbonyl (C=O) groups is 1. The molecule has 1 aromatic rings. The van der Waals surface area contributed by atoms with Crippen molar-refractivity contribution in [3.05, 3.63) is 29.8 Å². The Morgan fingerprint density at radius 1 is 1.43 bits per heavy atom. The van der Waals surface area contributed by atoms with Crippen LogP contribution in [-0.4, -0.2) is 37.6 Å². The predicted molar refractivity (Wildman–Crippen MR) is 79.8 cm³/mol. The smallest absolute Gasteiger partial charge is 0.306 e. The SMILES string of the molecule is COC(=O)CCS(=O)(=O)N(Cc1cccc(N)c1)C1CC1. The van der Waals surface area contributed by atoms with Crippen molar-refractivity contribution < 1.29 is 17.9 Å². The molecule has 0 aliphatic heterocycles. The first kappa shape index (κ1) is 15.8. The molecule has 1 saturated carbocycles. The predicted octanol–water partition coefficient (Wildman–Crippen LogP) is 1.13. The Labute approximate surface area is 124 Å². The molecule has 1 aliphatic rings. The quantitative estimate of drug-likeness (QED) is 0.602. The van der Waals surface area contributed by atoms with Crippen molar-refractivity contribution in [2.24, 2.45) is 0 Å². The fourth-order valence-corrected chi connectivity index (χ4v) is 3.79. The normalized spacial score (nSPS) is 15.1. The maximum Gasteiger partial charge on any atom is 0.306 e. The van der Waals surface area contributed by atoms with Gasteiger partial charge in [0.2, 0.25) is 10.0 Å². The van der Waals surface area contributed by atoms with E-state index in [-0.39, 0.29) is 18.2 Å². The van der Waals surface area contributed by atoms with E-state index in [1.165, 1.54) is 11.4 Å². The average Bonchev–Trinajstić information content (AvgIpc) is 3.26. The molecule has 0 bridgehead atoms. The highest BCUT2D eigenvalue weighted by Crippen LogP contribution is 2.31. The second-order valence-corrected chi connectivity index (χ2v) is 7.20. The molecule has 2 rings (SSSR count). The highest BCUT2D eigenvalue weighted by molar-refractivity contribution is 7.89. The van der Waals surface area contributed by atoms with Gasteiger partial charge in [-0.05, 0) is 30.5 Å². The van der Waals surface area contributed by atoms with E-state index < -0.39 is 16.0 Å². The molecule has 0 aromatic heterocycles. The first-order chi connectivity index (χ1) is 9.92. The lowest BCUT2D eigenvalue weighted by molar-refractivity contribution is -0.140. The molecule has 0 atom stereocenters. The first-order valence-electron chi connectivity index (χ1n) is 6.83. The summed E-state index contributed by atoms with van der Waals surface area (Å²) in [4.78, 5) is 11.1. The van der Waals surface area contributed by atoms with Crippen LogP contribution in [0.15, 0.2) is 24.3 Å². The van der Waals surface area contributed by atoms with Gasteiger partial charge in [0.05, 0.1) is 19.3 Å². The molecule has 1 aromatic carbocycles. The van der Waals surface area contributed by atoms with Gasteiger partial charge < -0.3 is 10.5 Å². The number of nitrogens with zero attached hydrogens (tertiary/aromatic N) is 1. The van der Waals surface area contributed by atoms with Crippen LogP contribution < -0.4 is 5.73 Å². The Morgan fingerprint density at radius 3 is 2.71 bits per heavy atom. The van der Waals surface area contributed by atoms with E-state index in [4.69, 9.17) is 5.73 Å². The number of hydrogen-bond acceptors (Lipinski definition) is 5. The van der Waals surface area contributed by atoms with Crippen molar-refractivity contribution in [2.45, 2.75) is 31.8 Å². The van der Waals surface area contributed by atoms with Crippen molar-refractivity contribution in [2.75, 3.05) is 18.6 Å². The van der Waals surface area contributed by atoms with Crippen molar-refractivity contribution in [1.29, 1.82) is 0 Å². The highest BCUT2D eigenvalue weighted by Gasteiger charge is 2.37. The number of ether oxygens (including phenoxy) is 1. The van der Waals surface area contributed by atoms with Gasteiger partial charge in [0, 0.05) is 18.3 Å². The van der Waals surface area contributed by atoms with E-state index in [9.17, 15) is 13.2 Å². The Hall–Kier alpha value is -1.60. The standard InChI is InChI=1S/C14H20N2O4S/c1-20-14(17)7-8-21(18,19)16(13-5-6-13)10-11-3-2-4-12(15)9-11/h2-4,9,13H,5-8,10,15H2,1H3. The number of carbonyl (C=O) groups excluding carboxylic acids is 1. The topological polar surface area (TPSA) is 89.7 Å². The molecular formula is C14H20N2O4S. The van der Waals surface area contributed by atoms with E-state index >= 15 is 0 Å². The van der Waals surface area contributed by atoms with E-state index in [0.717, 1.165) is 18.4 Å². The van der Waals surface area contributed by atoms with Crippen LogP contribution in [-0.2, 0) is 26.1 Å². The fraction of sp³-hybridized carbons (Fsp3) is 0.500. The summed E-state index contributed by atoms with van der Waals surface area (Å²) in [5.74, 6) is -0.739. The zero-order chi connectivity index (χ0) is 15.5. The van der Waals surface area contributed by atoms with Gasteiger partial charge in [-0.3, -0.25) is 4.79 Å². The summed E-state index contributed by atoms with van der Waals surface area (Å²) in [5, 5.41) is 0. The Bertz CT molecular complexity index is 611. The van der Waals surface area contributed by atoms with E-state index in [0.29, 0.717) is 12.2 Å². The van der Waals surface area contributed by atoms with Crippen molar-refractivity contribution >= 4 is 21.7 Å². The number of hydrogen-bond donors (Lipinski definition) is 1. The number of rotatable bonds is 7. The summed E-state index contributed by atoms with van der Waals surface area (Å²) in [6.07, 6.45) is 1.60. The molecule has 1 fully saturated rings. The summed E-state index contributed by atoms with van der Waals surface area (Å²) in [6.45, 7) is 0.291. The summed E-state index contributed by atoms with van der Waals surface area (Å²) in [5.41, 5.74) is 7.18.